The number of H-pyrrole nitrogens is 1. The maximum Gasteiger partial charge on any atom is 0.355 e. The van der Waals surface area contributed by atoms with Crippen LogP contribution in [0.15, 0.2) is 53.2 Å². The van der Waals surface area contributed by atoms with E-state index in [0.717, 1.165) is 37.5 Å². The second-order valence-electron chi connectivity index (χ2n) is 7.80. The summed E-state index contributed by atoms with van der Waals surface area (Å²) < 4.78 is 22.6. The second-order valence-corrected chi connectivity index (χ2v) is 9.53. The number of carbonyl (C=O) groups excluding carboxylic acids is 2. The van der Waals surface area contributed by atoms with Crippen LogP contribution in [0.25, 0.3) is 20.4 Å². The summed E-state index contributed by atoms with van der Waals surface area (Å²) in [6.45, 7) is 4.96. The predicted molar refractivity (Wildman–Crippen MR) is 147 cm³/mol. The number of esters is 2. The number of hydrogen-bond acceptors (Lipinski definition) is 8. The van der Waals surface area contributed by atoms with Gasteiger partial charge in [-0.05, 0) is 31.5 Å². The van der Waals surface area contributed by atoms with Crippen molar-refractivity contribution in [2.45, 2.75) is 20.4 Å². The highest BCUT2D eigenvalue weighted by molar-refractivity contribution is 7.17. The van der Waals surface area contributed by atoms with Gasteiger partial charge in [-0.25, -0.2) is 9.59 Å². The van der Waals surface area contributed by atoms with Crippen molar-refractivity contribution in [3.63, 3.8) is 0 Å². The molecule has 0 aliphatic heterocycles. The lowest BCUT2D eigenvalue weighted by atomic mass is 10.2. The van der Waals surface area contributed by atoms with Crippen LogP contribution in [0.2, 0.25) is 0 Å². The largest absolute Gasteiger partial charge is 0.495 e. The maximum absolute atomic E-state index is 12.2. The van der Waals surface area contributed by atoms with Gasteiger partial charge in [0.2, 0.25) is 0 Å². The number of aromatic nitrogens is 2. The maximum atomic E-state index is 12.2. The van der Waals surface area contributed by atoms with E-state index in [1.165, 1.54) is 11.3 Å². The summed E-state index contributed by atoms with van der Waals surface area (Å²) in [4.78, 5) is 28.6. The summed E-state index contributed by atoms with van der Waals surface area (Å²) in [5.74, 6) is 0.936. The molecule has 0 fully saturated rings. The van der Waals surface area contributed by atoms with E-state index in [1.54, 1.807) is 38.5 Å². The van der Waals surface area contributed by atoms with E-state index in [9.17, 15) is 9.59 Å². The van der Waals surface area contributed by atoms with Crippen molar-refractivity contribution in [3.05, 3.63) is 70.2 Å². The second kappa shape index (κ2) is 12.0. The molecule has 4 heterocycles. The quantitative estimate of drug-likeness (QED) is 0.231. The molecule has 0 aliphatic rings. The highest BCUT2D eigenvalue weighted by atomic mass is 32.1. The summed E-state index contributed by atoms with van der Waals surface area (Å²) >= 11 is 3.08. The highest BCUT2D eigenvalue weighted by Crippen LogP contribution is 2.35. The molecule has 5 rings (SSSR count). The fourth-order valence-electron chi connectivity index (χ4n) is 3.83. The van der Waals surface area contributed by atoms with Crippen molar-refractivity contribution < 1.29 is 28.5 Å². The number of nitrogens with zero attached hydrogens (tertiary/aromatic N) is 1. The molecule has 194 valence electrons. The Kier molecular flexibility index (Phi) is 8.52. The standard InChI is InChI=1S/C17H17NO3S.C10H11NO3S/c1-3-21-17(19)14-9-13-15(20-2)11-22-16(13)18(14)10-12-7-5-4-6-8-12;1-3-14-10(12)7-4-6-8(13-2)5-15-9(6)11-7/h4-9,11H,3,10H2,1-2H3;4-5,11H,3H2,1-2H3. The molecule has 0 unspecified atom stereocenters. The summed E-state index contributed by atoms with van der Waals surface area (Å²) in [6, 6.07) is 13.7. The molecule has 8 nitrogen and oxygen atoms in total. The first kappa shape index (κ1) is 26.3. The van der Waals surface area contributed by atoms with Gasteiger partial charge in [0.25, 0.3) is 0 Å². The van der Waals surface area contributed by atoms with Gasteiger partial charge in [0, 0.05) is 17.3 Å². The molecule has 0 atom stereocenters. The fourth-order valence-corrected chi connectivity index (χ4v) is 5.75. The SMILES string of the molecule is CCOC(=O)c1cc2c(OC)csc2[nH]1.CCOC(=O)c1cc2c(OC)csc2n1Cc1ccccc1. The Bertz CT molecular complexity index is 1500. The van der Waals surface area contributed by atoms with Gasteiger partial charge in [0.15, 0.2) is 0 Å². The van der Waals surface area contributed by atoms with Crippen LogP contribution in [-0.2, 0) is 16.0 Å². The zero-order chi connectivity index (χ0) is 26.4. The molecular weight excluding hydrogens is 512 g/mol. The van der Waals surface area contributed by atoms with Crippen LogP contribution in [0.1, 0.15) is 40.4 Å². The predicted octanol–water partition coefficient (Wildman–Crippen LogP) is 6.35. The number of nitrogens with one attached hydrogen (secondary N) is 1. The molecule has 1 aromatic carbocycles. The fraction of sp³-hybridized carbons (Fsp3) is 0.259. The van der Waals surface area contributed by atoms with Gasteiger partial charge in [0.05, 0.1) is 38.2 Å². The smallest absolute Gasteiger partial charge is 0.355 e. The van der Waals surface area contributed by atoms with Gasteiger partial charge in [-0.15, -0.1) is 22.7 Å². The number of benzene rings is 1. The Morgan fingerprint density at radius 1 is 0.865 bits per heavy atom. The zero-order valence-electron chi connectivity index (χ0n) is 21.0. The molecule has 0 aliphatic carbocycles. The molecule has 0 amide bonds. The molecule has 5 aromatic rings. The molecular formula is C27H28N2O6S2. The van der Waals surface area contributed by atoms with Crippen molar-refractivity contribution in [2.24, 2.45) is 0 Å². The Balaban J connectivity index is 0.000000186. The number of methoxy groups -OCH3 is 2. The first-order valence-electron chi connectivity index (χ1n) is 11.7. The van der Waals surface area contributed by atoms with Crippen LogP contribution in [0.5, 0.6) is 11.5 Å². The lowest BCUT2D eigenvalue weighted by molar-refractivity contribution is 0.0508. The Morgan fingerprint density at radius 2 is 1.51 bits per heavy atom. The van der Waals surface area contributed by atoms with E-state index >= 15 is 0 Å². The lowest BCUT2D eigenvalue weighted by Gasteiger charge is -2.09. The van der Waals surface area contributed by atoms with Crippen LogP contribution in [0.4, 0.5) is 0 Å². The Hall–Kier alpha value is -3.76. The Labute approximate surface area is 222 Å². The third-order valence-electron chi connectivity index (χ3n) is 5.52. The molecule has 0 saturated heterocycles. The number of carbonyl (C=O) groups is 2. The molecule has 0 saturated carbocycles. The summed E-state index contributed by atoms with van der Waals surface area (Å²) in [6.07, 6.45) is 0. The van der Waals surface area contributed by atoms with Crippen LogP contribution in [-0.4, -0.2) is 48.9 Å². The molecule has 1 N–H and O–H groups in total. The van der Waals surface area contributed by atoms with Crippen molar-refractivity contribution in [3.8, 4) is 11.5 Å². The van der Waals surface area contributed by atoms with Crippen LogP contribution in [0, 0.1) is 0 Å². The van der Waals surface area contributed by atoms with E-state index in [-0.39, 0.29) is 11.9 Å². The third kappa shape index (κ3) is 5.65. The van der Waals surface area contributed by atoms with Crippen molar-refractivity contribution in [1.82, 2.24) is 9.55 Å². The van der Waals surface area contributed by atoms with Gasteiger partial charge in [-0.2, -0.15) is 0 Å². The molecule has 0 bridgehead atoms. The average molecular weight is 541 g/mol. The minimum Gasteiger partial charge on any atom is -0.495 e. The third-order valence-corrected chi connectivity index (χ3v) is 7.41. The number of hydrogen-bond donors (Lipinski definition) is 1. The lowest BCUT2D eigenvalue weighted by Crippen LogP contribution is -2.12. The summed E-state index contributed by atoms with van der Waals surface area (Å²) in [5.41, 5.74) is 2.17. The van der Waals surface area contributed by atoms with E-state index in [2.05, 4.69) is 4.98 Å². The van der Waals surface area contributed by atoms with Crippen LogP contribution >= 0.6 is 22.7 Å². The van der Waals surface area contributed by atoms with Crippen LogP contribution < -0.4 is 9.47 Å². The first-order valence-corrected chi connectivity index (χ1v) is 13.4. The highest BCUT2D eigenvalue weighted by Gasteiger charge is 2.20. The van der Waals surface area contributed by atoms with Crippen molar-refractivity contribution >= 4 is 55.0 Å². The summed E-state index contributed by atoms with van der Waals surface area (Å²) in [7, 11) is 3.25. The van der Waals surface area contributed by atoms with Gasteiger partial charge in [-0.1, -0.05) is 30.3 Å². The number of ether oxygens (including phenoxy) is 4. The minimum atomic E-state index is -0.331. The van der Waals surface area contributed by atoms with E-state index in [0.29, 0.717) is 31.1 Å². The number of rotatable bonds is 8. The topological polar surface area (TPSA) is 91.8 Å². The normalized spacial score (nSPS) is 10.7. The van der Waals surface area contributed by atoms with E-state index in [1.807, 2.05) is 58.6 Å². The van der Waals surface area contributed by atoms with Gasteiger partial charge < -0.3 is 28.5 Å². The number of fused-ring (bicyclic) bond motifs is 2. The van der Waals surface area contributed by atoms with Gasteiger partial charge in [-0.3, -0.25) is 0 Å². The average Bonchev–Trinajstić information content (AvgIpc) is 3.66. The molecule has 37 heavy (non-hydrogen) atoms. The van der Waals surface area contributed by atoms with Crippen molar-refractivity contribution in [2.75, 3.05) is 27.4 Å². The molecule has 0 spiro atoms. The van der Waals surface area contributed by atoms with E-state index in [4.69, 9.17) is 18.9 Å². The first-order chi connectivity index (χ1) is 18.0. The van der Waals surface area contributed by atoms with Crippen LogP contribution in [0.3, 0.4) is 0 Å². The molecule has 10 heteroatoms. The number of thiophene rings is 2. The van der Waals surface area contributed by atoms with Crippen molar-refractivity contribution in [1.29, 1.82) is 0 Å². The summed E-state index contributed by atoms with van der Waals surface area (Å²) in [5, 5.41) is 5.73. The Morgan fingerprint density at radius 3 is 2.19 bits per heavy atom. The van der Waals surface area contributed by atoms with Gasteiger partial charge in [0.1, 0.15) is 32.5 Å². The van der Waals surface area contributed by atoms with Gasteiger partial charge >= 0.3 is 11.9 Å². The monoisotopic (exact) mass is 540 g/mol. The minimum absolute atomic E-state index is 0.302. The molecule has 0 radical (unpaired) electrons. The molecule has 4 aromatic heterocycles. The van der Waals surface area contributed by atoms with E-state index < -0.39 is 0 Å². The zero-order valence-corrected chi connectivity index (χ0v) is 22.7. The number of aromatic amines is 1.